The molecule has 1 atom stereocenters. The molecule has 0 aromatic rings. The second-order valence-corrected chi connectivity index (χ2v) is 6.18. The monoisotopic (exact) mass is 204 g/mol. The molecule has 2 saturated heterocycles. The van der Waals surface area contributed by atoms with Crippen molar-refractivity contribution in [1.82, 2.24) is 9.62 Å². The number of hydrogen-bond acceptors (Lipinski definition) is 3. The molecule has 4 nitrogen and oxygen atoms in total. The Morgan fingerprint density at radius 1 is 1.46 bits per heavy atom. The van der Waals surface area contributed by atoms with Crippen molar-refractivity contribution < 1.29 is 8.42 Å². The van der Waals surface area contributed by atoms with Crippen molar-refractivity contribution in [3.8, 4) is 0 Å². The molecule has 1 N–H and O–H groups in total. The predicted octanol–water partition coefficient (Wildman–Crippen LogP) is -0.226. The minimum absolute atomic E-state index is 0.157. The van der Waals surface area contributed by atoms with Gasteiger partial charge in [-0.25, -0.2) is 8.42 Å². The summed E-state index contributed by atoms with van der Waals surface area (Å²) in [6.45, 7) is 4.48. The van der Waals surface area contributed by atoms with Crippen LogP contribution < -0.4 is 5.32 Å². The van der Waals surface area contributed by atoms with Crippen LogP contribution in [0.1, 0.15) is 19.8 Å². The molecule has 2 heterocycles. The quantitative estimate of drug-likeness (QED) is 0.642. The highest BCUT2D eigenvalue weighted by molar-refractivity contribution is 7.89. The van der Waals surface area contributed by atoms with Crippen LogP contribution in [0, 0.1) is 0 Å². The molecule has 0 amide bonds. The van der Waals surface area contributed by atoms with Gasteiger partial charge in [0.25, 0.3) is 0 Å². The van der Waals surface area contributed by atoms with E-state index in [2.05, 4.69) is 5.32 Å². The molecule has 2 aliphatic rings. The number of rotatable bonds is 1. The van der Waals surface area contributed by atoms with Gasteiger partial charge in [0.1, 0.15) is 0 Å². The maximum atomic E-state index is 11.7. The Morgan fingerprint density at radius 3 is 2.69 bits per heavy atom. The van der Waals surface area contributed by atoms with Gasteiger partial charge in [-0.3, -0.25) is 0 Å². The molecule has 2 fully saturated rings. The van der Waals surface area contributed by atoms with Crippen LogP contribution >= 0.6 is 0 Å². The van der Waals surface area contributed by atoms with Gasteiger partial charge in [0, 0.05) is 18.6 Å². The van der Waals surface area contributed by atoms with Gasteiger partial charge >= 0.3 is 0 Å². The van der Waals surface area contributed by atoms with E-state index < -0.39 is 10.0 Å². The zero-order valence-electron chi connectivity index (χ0n) is 7.91. The van der Waals surface area contributed by atoms with Crippen LogP contribution in [0.15, 0.2) is 0 Å². The molecular weight excluding hydrogens is 188 g/mol. The van der Waals surface area contributed by atoms with Gasteiger partial charge in [0.05, 0.1) is 5.75 Å². The highest BCUT2D eigenvalue weighted by atomic mass is 32.2. The van der Waals surface area contributed by atoms with Gasteiger partial charge in [-0.05, 0) is 26.3 Å². The molecule has 0 radical (unpaired) electrons. The summed E-state index contributed by atoms with van der Waals surface area (Å²) < 4.78 is 25.0. The van der Waals surface area contributed by atoms with Crippen molar-refractivity contribution in [1.29, 1.82) is 0 Å². The summed E-state index contributed by atoms with van der Waals surface area (Å²) in [6.07, 6.45) is 1.73. The minimum atomic E-state index is -2.94. The largest absolute Gasteiger partial charge is 0.315 e. The first-order valence-corrected chi connectivity index (χ1v) is 6.37. The smallest absolute Gasteiger partial charge is 0.214 e. The molecule has 5 heteroatoms. The maximum absolute atomic E-state index is 11.7. The third-order valence-electron chi connectivity index (χ3n) is 3.05. The highest BCUT2D eigenvalue weighted by Gasteiger charge is 2.44. The minimum Gasteiger partial charge on any atom is -0.315 e. The van der Waals surface area contributed by atoms with Crippen LogP contribution in [0.2, 0.25) is 0 Å². The standard InChI is InChI=1S/C8H16N2O2S/c1-8(3-4-9-7-8)10-5-2-6-13(10,11)12/h9H,2-7H2,1H3. The number of sulfonamides is 1. The van der Waals surface area contributed by atoms with Crippen molar-refractivity contribution in [3.05, 3.63) is 0 Å². The molecule has 2 rings (SSSR count). The van der Waals surface area contributed by atoms with E-state index in [1.54, 1.807) is 4.31 Å². The Labute approximate surface area is 79.4 Å². The third-order valence-corrected chi connectivity index (χ3v) is 5.15. The number of nitrogens with zero attached hydrogens (tertiary/aromatic N) is 1. The lowest BCUT2D eigenvalue weighted by Crippen LogP contribution is -2.48. The van der Waals surface area contributed by atoms with E-state index in [0.717, 1.165) is 25.9 Å². The third kappa shape index (κ3) is 1.49. The fourth-order valence-electron chi connectivity index (χ4n) is 2.26. The molecule has 0 aromatic heterocycles. The summed E-state index contributed by atoms with van der Waals surface area (Å²) in [5.74, 6) is 0.336. The van der Waals surface area contributed by atoms with E-state index in [4.69, 9.17) is 0 Å². The second-order valence-electron chi connectivity index (χ2n) is 4.17. The first-order valence-electron chi connectivity index (χ1n) is 4.76. The fraction of sp³-hybridized carbons (Fsp3) is 1.00. The van der Waals surface area contributed by atoms with Crippen molar-refractivity contribution >= 4 is 10.0 Å². The summed E-state index contributed by atoms with van der Waals surface area (Å²) in [7, 11) is -2.94. The van der Waals surface area contributed by atoms with Gasteiger partial charge in [0.2, 0.25) is 10.0 Å². The lowest BCUT2D eigenvalue weighted by atomic mass is 10.0. The summed E-state index contributed by atoms with van der Waals surface area (Å²) in [6, 6.07) is 0. The summed E-state index contributed by atoms with van der Waals surface area (Å²) >= 11 is 0. The molecule has 76 valence electrons. The van der Waals surface area contributed by atoms with Crippen LogP contribution in [0.25, 0.3) is 0 Å². The van der Waals surface area contributed by atoms with E-state index in [9.17, 15) is 8.42 Å². The van der Waals surface area contributed by atoms with Gasteiger partial charge in [-0.15, -0.1) is 0 Å². The van der Waals surface area contributed by atoms with Crippen LogP contribution in [0.3, 0.4) is 0 Å². The van der Waals surface area contributed by atoms with Crippen molar-refractivity contribution in [2.45, 2.75) is 25.3 Å². The molecule has 2 aliphatic heterocycles. The van der Waals surface area contributed by atoms with E-state index in [1.165, 1.54) is 0 Å². The Morgan fingerprint density at radius 2 is 2.23 bits per heavy atom. The molecular formula is C8H16N2O2S. The normalized spacial score (nSPS) is 39.8. The van der Waals surface area contributed by atoms with E-state index >= 15 is 0 Å². The second kappa shape index (κ2) is 2.93. The zero-order chi connectivity index (χ0) is 9.53. The molecule has 0 aromatic carbocycles. The lowest BCUT2D eigenvalue weighted by molar-refractivity contribution is 0.242. The van der Waals surface area contributed by atoms with Crippen LogP contribution in [0.5, 0.6) is 0 Å². The Bertz CT molecular complexity index is 293. The molecule has 1 unspecified atom stereocenters. The van der Waals surface area contributed by atoms with E-state index in [-0.39, 0.29) is 5.54 Å². The van der Waals surface area contributed by atoms with Gasteiger partial charge in [-0.1, -0.05) is 0 Å². The van der Waals surface area contributed by atoms with Gasteiger partial charge in [0.15, 0.2) is 0 Å². The van der Waals surface area contributed by atoms with Crippen molar-refractivity contribution in [2.24, 2.45) is 0 Å². The molecule has 0 bridgehead atoms. The summed E-state index contributed by atoms with van der Waals surface area (Å²) in [5, 5.41) is 3.22. The molecule has 0 aliphatic carbocycles. The summed E-state index contributed by atoms with van der Waals surface area (Å²) in [5.41, 5.74) is -0.157. The fourth-order valence-corrected chi connectivity index (χ4v) is 4.21. The van der Waals surface area contributed by atoms with E-state index in [0.29, 0.717) is 12.3 Å². The Balaban J connectivity index is 2.25. The number of hydrogen-bond donors (Lipinski definition) is 1. The van der Waals surface area contributed by atoms with E-state index in [1.807, 2.05) is 6.92 Å². The average Bonchev–Trinajstić information content (AvgIpc) is 2.57. The SMILES string of the molecule is CC1(N2CCCS2(=O)=O)CCNC1. The van der Waals surface area contributed by atoms with Gasteiger partial charge < -0.3 is 5.32 Å². The molecule has 13 heavy (non-hydrogen) atoms. The molecule has 0 saturated carbocycles. The zero-order valence-corrected chi connectivity index (χ0v) is 8.73. The van der Waals surface area contributed by atoms with Gasteiger partial charge in [-0.2, -0.15) is 4.31 Å². The molecule has 0 spiro atoms. The lowest BCUT2D eigenvalue weighted by Gasteiger charge is -2.32. The van der Waals surface area contributed by atoms with Crippen molar-refractivity contribution in [2.75, 3.05) is 25.4 Å². The topological polar surface area (TPSA) is 49.4 Å². The van der Waals surface area contributed by atoms with Crippen molar-refractivity contribution in [3.63, 3.8) is 0 Å². The first-order chi connectivity index (χ1) is 6.05. The first kappa shape index (κ1) is 9.43. The van der Waals surface area contributed by atoms with Crippen LogP contribution in [0.4, 0.5) is 0 Å². The predicted molar refractivity (Wildman–Crippen MR) is 51.0 cm³/mol. The Kier molecular flexibility index (Phi) is 2.13. The highest BCUT2D eigenvalue weighted by Crippen LogP contribution is 2.29. The maximum Gasteiger partial charge on any atom is 0.214 e. The average molecular weight is 204 g/mol. The van der Waals surface area contributed by atoms with Crippen LogP contribution in [-0.2, 0) is 10.0 Å². The Hall–Kier alpha value is -0.130. The summed E-state index contributed by atoms with van der Waals surface area (Å²) in [4.78, 5) is 0. The van der Waals surface area contributed by atoms with Crippen LogP contribution in [-0.4, -0.2) is 43.6 Å². The number of nitrogens with one attached hydrogen (secondary N) is 1.